The number of carbonyl (C=O) groups is 2. The lowest BCUT2D eigenvalue weighted by Gasteiger charge is -2.43. The first-order valence-electron chi connectivity index (χ1n) is 11.3. The average molecular weight is 423 g/mol. The monoisotopic (exact) mass is 423 g/mol. The average Bonchev–Trinajstić information content (AvgIpc) is 2.65. The first-order valence-corrected chi connectivity index (χ1v) is 11.3. The normalized spacial score (nSPS) is 37.9. The third kappa shape index (κ3) is 5.30. The Morgan fingerprint density at radius 2 is 2.07 bits per heavy atom. The maximum absolute atomic E-state index is 12.5. The van der Waals surface area contributed by atoms with E-state index in [0.717, 1.165) is 25.7 Å². The van der Waals surface area contributed by atoms with Crippen molar-refractivity contribution in [1.82, 2.24) is 0 Å². The molecule has 5 heteroatoms. The van der Waals surface area contributed by atoms with Gasteiger partial charge in [0.05, 0.1) is 18.4 Å². The van der Waals surface area contributed by atoms with E-state index in [-0.39, 0.29) is 42.4 Å². The molecule has 5 nitrogen and oxygen atoms in total. The molecule has 0 aromatic carbocycles. The zero-order valence-corrected chi connectivity index (χ0v) is 18.2. The lowest BCUT2D eigenvalue weighted by atomic mass is 10.1. The van der Waals surface area contributed by atoms with Gasteiger partial charge in [-0.25, -0.2) is 0 Å². The van der Waals surface area contributed by atoms with Crippen molar-refractivity contribution in [1.29, 1.82) is 0 Å². The van der Waals surface area contributed by atoms with Crippen molar-refractivity contribution in [2.75, 3.05) is 0 Å². The van der Waals surface area contributed by atoms with E-state index in [2.05, 4.69) is 32.1 Å². The van der Waals surface area contributed by atoms with Crippen LogP contribution in [0.3, 0.4) is 0 Å². The fraction of sp³-hybridized carbons (Fsp3) is 0.750. The summed E-state index contributed by atoms with van der Waals surface area (Å²) in [4.78, 5) is 24.2. The minimum atomic E-state index is -0.597. The van der Waals surface area contributed by atoms with Crippen LogP contribution in [0.1, 0.15) is 66.2 Å². The molecular weight excluding hydrogens is 387 g/mol. The number of ether oxygens (including phenoxy) is 2. The molecule has 1 saturated heterocycles. The maximum Gasteiger partial charge on any atom is 0.308 e. The lowest BCUT2D eigenvalue weighted by Crippen LogP contribution is -2.42. The number of rotatable bonds is 6. The van der Waals surface area contributed by atoms with Gasteiger partial charge in [0.2, 0.25) is 0 Å². The highest BCUT2D eigenvalue weighted by Crippen LogP contribution is 2.45. The first kappa shape index (κ1) is 22.1. The van der Waals surface area contributed by atoms with Crippen LogP contribution >= 0.6 is 0 Å². The molecule has 1 fully saturated rings. The number of aliphatic hydroxyl groups is 1. The second kappa shape index (κ2) is 9.46. The summed E-state index contributed by atoms with van der Waals surface area (Å²) < 4.78 is 11.5. The summed E-state index contributed by atoms with van der Waals surface area (Å²) in [7, 11) is 0. The smallest absolute Gasteiger partial charge is 0.308 e. The van der Waals surface area contributed by atoms with Crippen LogP contribution in [0.15, 0.2) is 23.8 Å². The highest BCUT2D eigenvalue weighted by atomic mass is 18.4. The Morgan fingerprint density at radius 3 is 2.76 bits per heavy atom. The summed E-state index contributed by atoms with van der Waals surface area (Å²) in [5, 5.41) is 9.89. The molecule has 0 spiro atoms. The van der Waals surface area contributed by atoms with E-state index in [1.165, 1.54) is 5.57 Å². The molecule has 0 bridgehead atoms. The van der Waals surface area contributed by atoms with Crippen molar-refractivity contribution in [3.8, 4) is 0 Å². The van der Waals surface area contributed by atoms with Crippen LogP contribution < -0.4 is 0 Å². The van der Waals surface area contributed by atoms with Crippen LogP contribution in [0.4, 0.5) is 0 Å². The highest BCUT2D eigenvalue weighted by molar-refractivity contribution is 5.72. The van der Waals surface area contributed by atoms with Crippen LogP contribution in [0, 0.1) is 29.6 Å². The van der Waals surface area contributed by atoms with Gasteiger partial charge in [-0.15, -0.1) is 0 Å². The van der Waals surface area contributed by atoms with Crippen molar-refractivity contribution in [2.45, 2.75) is 84.5 Å². The highest BCUT2D eigenvalue weighted by Gasteiger charge is 2.42. The molecule has 0 aromatic rings. The van der Waals surface area contributed by atoms with E-state index in [1.807, 2.05) is 13.8 Å². The van der Waals surface area contributed by atoms with Crippen LogP contribution in [-0.4, -0.2) is 35.4 Å². The van der Waals surface area contributed by atoms with Crippen LogP contribution in [0.2, 0.25) is 0 Å². The van der Waals surface area contributed by atoms with E-state index in [1.54, 1.807) is 0 Å². The van der Waals surface area contributed by atoms with Crippen molar-refractivity contribution >= 4 is 11.9 Å². The van der Waals surface area contributed by atoms with Crippen molar-refractivity contribution in [3.05, 3.63) is 23.8 Å². The number of allylic oxidation sites excluding steroid dienone is 3. The van der Waals surface area contributed by atoms with Gasteiger partial charge in [-0.1, -0.05) is 45.9 Å². The molecule has 1 heterocycles. The van der Waals surface area contributed by atoms with Crippen molar-refractivity contribution < 1.29 is 24.2 Å². The summed E-state index contributed by atoms with van der Waals surface area (Å²) in [6.07, 6.45) is 9.70. The zero-order chi connectivity index (χ0) is 21.1. The van der Waals surface area contributed by atoms with Gasteiger partial charge >= 0.3 is 11.9 Å². The molecular formula is C24H36O5. The van der Waals surface area contributed by atoms with Crippen LogP contribution in [0.25, 0.3) is 0 Å². The topological polar surface area (TPSA) is 72.8 Å². The Hall–Kier alpha value is -1.62. The number of esters is 2. The first-order chi connectivity index (χ1) is 13.8. The second-order valence-electron chi connectivity index (χ2n) is 9.36. The Morgan fingerprint density at radius 1 is 1.31 bits per heavy atom. The summed E-state index contributed by atoms with van der Waals surface area (Å²) in [6, 6.07) is 0. The van der Waals surface area contributed by atoms with Gasteiger partial charge in [-0.05, 0) is 49.0 Å². The van der Waals surface area contributed by atoms with Gasteiger partial charge < -0.3 is 14.6 Å². The lowest BCUT2D eigenvalue weighted by molar-refractivity contribution is -0.162. The Labute approximate surface area is 174 Å². The molecule has 0 unspecified atom stereocenters. The molecule has 0 amide bonds. The van der Waals surface area contributed by atoms with Gasteiger partial charge in [0, 0.05) is 12.3 Å². The molecule has 3 rings (SSSR count). The SMILES string of the molecule is C[13CH2][C@H](C)[13C](=[18O])O[C@H]1[13CH2][C@@H](C)[13CH]=C2[13CH]=C[13C@H](C)[C@H]([13CH2]C[13C@@H]3C[13C@@H]([18OH])C[13C](=[18O])[18O]3)[13C@H]21. The molecule has 0 radical (unpaired) electrons. The Kier molecular flexibility index (Phi) is 7.20. The van der Waals surface area contributed by atoms with Crippen LogP contribution in [0.5, 0.6) is 0 Å². The quantitative estimate of drug-likeness (QED) is 0.394. The van der Waals surface area contributed by atoms with Crippen molar-refractivity contribution in [2.24, 2.45) is 29.6 Å². The van der Waals surface area contributed by atoms with Gasteiger partial charge in [-0.3, -0.25) is 9.59 Å². The van der Waals surface area contributed by atoms with Gasteiger partial charge in [-0.2, -0.15) is 0 Å². The number of cyclic esters (lactones) is 1. The molecule has 0 aromatic heterocycles. The number of aliphatic hydroxyl groups excluding tert-OH is 1. The maximum atomic E-state index is 12.5. The molecule has 3 aliphatic rings. The fourth-order valence-corrected chi connectivity index (χ4v) is 5.07. The van der Waals surface area contributed by atoms with Gasteiger partial charge in [0.15, 0.2) is 0 Å². The summed E-state index contributed by atoms with van der Waals surface area (Å²) >= 11 is 0. The molecule has 1 N–H and O–H groups in total. The third-order valence-corrected chi connectivity index (χ3v) is 6.93. The molecule has 2 aliphatic carbocycles. The van der Waals surface area contributed by atoms with E-state index >= 15 is 0 Å². The predicted molar refractivity (Wildman–Crippen MR) is 111 cm³/mol. The minimum absolute atomic E-state index is 0.0854. The second-order valence-corrected chi connectivity index (χ2v) is 9.36. The molecule has 8 atom stereocenters. The number of carbonyl (C=O) groups excluding carboxylic acids is 2. The summed E-state index contributed by atoms with van der Waals surface area (Å²) in [5.41, 5.74) is 1.27. The van der Waals surface area contributed by atoms with Crippen molar-refractivity contribution in [3.63, 3.8) is 0 Å². The van der Waals surface area contributed by atoms with E-state index < -0.39 is 6.10 Å². The third-order valence-electron chi connectivity index (χ3n) is 6.93. The molecule has 1 aliphatic heterocycles. The van der Waals surface area contributed by atoms with E-state index in [4.69, 9.17) is 9.47 Å². The Balaban J connectivity index is 1.74. The standard InChI is InChI=1S/C24H36O5/c1-5-15(3)24(27)29-21-11-14(2)10-17-7-6-16(4)20(23(17)21)9-8-19-12-18(25)13-22(26)28-19/h6-7,10,14-16,18-21,23,25H,5,8-9,11-13H2,1-4H3/t14-,15-,16-,18+,19+,20-,21-,23-/m0/s1/i5+1,7+1,9+1,10+1,11+1,16+1,18+1,19+1,22+1,23+1,24+1,25+2,26+2,27+2,28+2. The van der Waals surface area contributed by atoms with Gasteiger partial charge in [0.25, 0.3) is 0 Å². The predicted octanol–water partition coefficient (Wildman–Crippen LogP) is 4.20. The van der Waals surface area contributed by atoms with Crippen LogP contribution in [-0.2, 0) is 19.1 Å². The minimum Gasteiger partial charge on any atom is -0.462 e. The number of hydrogen-bond acceptors (Lipinski definition) is 5. The summed E-state index contributed by atoms with van der Waals surface area (Å²) in [6.45, 7) is 8.33. The van der Waals surface area contributed by atoms with E-state index in [9.17, 15) is 14.7 Å². The summed E-state index contributed by atoms with van der Waals surface area (Å²) in [5.74, 6) is 0.755. The largest absolute Gasteiger partial charge is 0.462 e. The number of fused-ring (bicyclic) bond motifs is 1. The Bertz CT molecular complexity index is 666. The molecule has 162 valence electrons. The van der Waals surface area contributed by atoms with E-state index in [0.29, 0.717) is 24.2 Å². The molecule has 29 heavy (non-hydrogen) atoms. The number of hydrogen-bond donors (Lipinski definition) is 1. The fourth-order valence-electron chi connectivity index (χ4n) is 5.07. The van der Waals surface area contributed by atoms with Gasteiger partial charge in [0.1, 0.15) is 12.2 Å². The molecule has 0 saturated carbocycles. The zero-order valence-electron chi connectivity index (χ0n) is 18.2.